The van der Waals surface area contributed by atoms with E-state index in [-0.39, 0.29) is 24.8 Å². The number of rotatable bonds is 6. The van der Waals surface area contributed by atoms with E-state index in [9.17, 15) is 18.4 Å². The predicted molar refractivity (Wildman–Crippen MR) is 79.3 cm³/mol. The molecule has 2 amide bonds. The summed E-state index contributed by atoms with van der Waals surface area (Å²) in [4.78, 5) is 32.3. The van der Waals surface area contributed by atoms with Crippen molar-refractivity contribution < 1.29 is 27.8 Å². The Balaban J connectivity index is 1.40. The molecule has 0 aromatic carbocycles. The summed E-state index contributed by atoms with van der Waals surface area (Å²) in [6, 6.07) is 0. The lowest BCUT2D eigenvalue weighted by atomic mass is 9.99. The van der Waals surface area contributed by atoms with Gasteiger partial charge in [-0.05, 0) is 0 Å². The first kappa shape index (κ1) is 17.6. The number of carbonyl (C=O) groups is 2. The molecule has 1 N–H and O–H groups in total. The molecule has 0 atom stereocenters. The summed E-state index contributed by atoms with van der Waals surface area (Å²) < 4.78 is 38.3. The van der Waals surface area contributed by atoms with E-state index in [4.69, 9.17) is 9.47 Å². The molecule has 0 spiro atoms. The molecule has 10 heteroatoms. The van der Waals surface area contributed by atoms with Crippen LogP contribution in [0, 0.1) is 5.92 Å². The SMILES string of the molecule is O=C(CC1OCCO1)N1CC(CNC(=O)C(F)(F)c2cnccn2)C1. The zero-order valence-electron chi connectivity index (χ0n) is 13.4. The predicted octanol–water partition coefficient (Wildman–Crippen LogP) is -0.0940. The summed E-state index contributed by atoms with van der Waals surface area (Å²) in [5.74, 6) is -5.34. The van der Waals surface area contributed by atoms with E-state index in [0.717, 1.165) is 12.4 Å². The molecule has 0 radical (unpaired) electrons. The number of nitrogens with zero attached hydrogens (tertiary/aromatic N) is 3. The number of carbonyl (C=O) groups excluding carboxylic acids is 2. The largest absolute Gasteiger partial charge is 0.367 e. The van der Waals surface area contributed by atoms with Crippen molar-refractivity contribution in [2.75, 3.05) is 32.8 Å². The van der Waals surface area contributed by atoms with Crippen molar-refractivity contribution in [3.63, 3.8) is 0 Å². The first-order chi connectivity index (χ1) is 12.0. The Hall–Kier alpha value is -2.20. The van der Waals surface area contributed by atoms with Gasteiger partial charge in [-0.2, -0.15) is 8.78 Å². The number of hydrogen-bond acceptors (Lipinski definition) is 6. The van der Waals surface area contributed by atoms with Crippen LogP contribution in [0.2, 0.25) is 0 Å². The van der Waals surface area contributed by atoms with Crippen molar-refractivity contribution >= 4 is 11.8 Å². The highest BCUT2D eigenvalue weighted by atomic mass is 19.3. The molecule has 8 nitrogen and oxygen atoms in total. The maximum absolute atomic E-state index is 13.9. The van der Waals surface area contributed by atoms with E-state index in [2.05, 4.69) is 15.3 Å². The molecular weight excluding hydrogens is 338 g/mol. The smallest absolute Gasteiger partial charge is 0.350 e. The summed E-state index contributed by atoms with van der Waals surface area (Å²) in [7, 11) is 0. The van der Waals surface area contributed by atoms with Gasteiger partial charge in [0.05, 0.1) is 25.8 Å². The van der Waals surface area contributed by atoms with E-state index in [1.165, 1.54) is 6.20 Å². The van der Waals surface area contributed by atoms with Gasteiger partial charge in [0.15, 0.2) is 6.29 Å². The Labute approximate surface area is 142 Å². The Morgan fingerprint density at radius 3 is 2.64 bits per heavy atom. The van der Waals surface area contributed by atoms with Gasteiger partial charge in [0, 0.05) is 37.9 Å². The minimum absolute atomic E-state index is 0.0593. The second-order valence-corrected chi connectivity index (χ2v) is 5.92. The minimum atomic E-state index is -3.75. The van der Waals surface area contributed by atoms with Crippen LogP contribution >= 0.6 is 0 Å². The molecule has 0 saturated carbocycles. The number of nitrogens with one attached hydrogen (secondary N) is 1. The molecule has 0 aliphatic carbocycles. The third kappa shape index (κ3) is 4.07. The Bertz CT molecular complexity index is 619. The highest BCUT2D eigenvalue weighted by molar-refractivity contribution is 5.84. The quantitative estimate of drug-likeness (QED) is 0.765. The number of likely N-dealkylation sites (tertiary alicyclic amines) is 1. The van der Waals surface area contributed by atoms with Gasteiger partial charge in [-0.25, -0.2) is 0 Å². The third-order valence-corrected chi connectivity index (χ3v) is 4.06. The standard InChI is InChI=1S/C15H18F2N4O4/c16-15(17,11-7-18-1-2-19-11)14(23)20-6-10-8-21(9-10)12(22)5-13-24-3-4-25-13/h1-2,7,10,13H,3-6,8-9H2,(H,20,23). The highest BCUT2D eigenvalue weighted by Gasteiger charge is 2.43. The molecule has 2 fully saturated rings. The first-order valence-electron chi connectivity index (χ1n) is 7.90. The molecule has 2 aliphatic rings. The number of alkyl halides is 2. The molecule has 1 aromatic rings. The summed E-state index contributed by atoms with van der Waals surface area (Å²) in [6.07, 6.45) is 2.85. The van der Waals surface area contributed by atoms with Gasteiger partial charge in [-0.1, -0.05) is 0 Å². The van der Waals surface area contributed by atoms with E-state index in [1.54, 1.807) is 4.90 Å². The van der Waals surface area contributed by atoms with Crippen molar-refractivity contribution in [2.24, 2.45) is 5.92 Å². The second-order valence-electron chi connectivity index (χ2n) is 5.92. The fraction of sp³-hybridized carbons (Fsp3) is 0.600. The van der Waals surface area contributed by atoms with Crippen LogP contribution in [-0.4, -0.2) is 65.8 Å². The minimum Gasteiger partial charge on any atom is -0.350 e. The topological polar surface area (TPSA) is 93.7 Å². The average Bonchev–Trinajstić information content (AvgIpc) is 3.06. The zero-order chi connectivity index (χ0) is 17.9. The van der Waals surface area contributed by atoms with Crippen LogP contribution in [-0.2, 0) is 25.0 Å². The average molecular weight is 356 g/mol. The number of hydrogen-bond donors (Lipinski definition) is 1. The van der Waals surface area contributed by atoms with Gasteiger partial charge in [0.2, 0.25) is 5.91 Å². The molecule has 1 aromatic heterocycles. The summed E-state index contributed by atoms with van der Waals surface area (Å²) in [5.41, 5.74) is -0.700. The number of amides is 2. The summed E-state index contributed by atoms with van der Waals surface area (Å²) in [5, 5.41) is 2.21. The van der Waals surface area contributed by atoms with Gasteiger partial charge in [-0.3, -0.25) is 19.6 Å². The molecule has 3 heterocycles. The fourth-order valence-corrected chi connectivity index (χ4v) is 2.62. The van der Waals surface area contributed by atoms with Crippen molar-refractivity contribution in [1.29, 1.82) is 0 Å². The van der Waals surface area contributed by atoms with Crippen molar-refractivity contribution in [3.8, 4) is 0 Å². The molecule has 0 unspecified atom stereocenters. The van der Waals surface area contributed by atoms with Crippen LogP contribution < -0.4 is 5.32 Å². The van der Waals surface area contributed by atoms with E-state index >= 15 is 0 Å². The third-order valence-electron chi connectivity index (χ3n) is 4.06. The second kappa shape index (κ2) is 7.36. The number of halogens is 2. The van der Waals surface area contributed by atoms with Crippen LogP contribution in [0.5, 0.6) is 0 Å². The zero-order valence-corrected chi connectivity index (χ0v) is 13.4. The van der Waals surface area contributed by atoms with Gasteiger partial charge in [0.25, 0.3) is 5.91 Å². The normalized spacial score (nSPS) is 18.9. The van der Waals surface area contributed by atoms with Crippen molar-refractivity contribution in [1.82, 2.24) is 20.2 Å². The highest BCUT2D eigenvalue weighted by Crippen LogP contribution is 2.26. The molecule has 0 bridgehead atoms. The van der Waals surface area contributed by atoms with Gasteiger partial charge in [-0.15, -0.1) is 0 Å². The molecular formula is C15H18F2N4O4. The Morgan fingerprint density at radius 2 is 2.00 bits per heavy atom. The van der Waals surface area contributed by atoms with Crippen LogP contribution in [0.4, 0.5) is 8.78 Å². The monoisotopic (exact) mass is 356 g/mol. The van der Waals surface area contributed by atoms with Crippen LogP contribution in [0.15, 0.2) is 18.6 Å². The summed E-state index contributed by atoms with van der Waals surface area (Å²) in [6.45, 7) is 1.83. The van der Waals surface area contributed by atoms with E-state index < -0.39 is 23.8 Å². The first-order valence-corrected chi connectivity index (χ1v) is 7.90. The lowest BCUT2D eigenvalue weighted by molar-refractivity contribution is -0.149. The molecule has 136 valence electrons. The van der Waals surface area contributed by atoms with Gasteiger partial charge >= 0.3 is 5.92 Å². The van der Waals surface area contributed by atoms with E-state index in [0.29, 0.717) is 26.3 Å². The summed E-state index contributed by atoms with van der Waals surface area (Å²) >= 11 is 0. The van der Waals surface area contributed by atoms with Gasteiger partial charge < -0.3 is 19.7 Å². The maximum atomic E-state index is 13.9. The molecule has 2 saturated heterocycles. The Morgan fingerprint density at radius 1 is 1.28 bits per heavy atom. The Kier molecular flexibility index (Phi) is 5.19. The van der Waals surface area contributed by atoms with E-state index in [1.807, 2.05) is 0 Å². The molecule has 2 aliphatic heterocycles. The van der Waals surface area contributed by atoms with Crippen LogP contribution in [0.1, 0.15) is 12.1 Å². The maximum Gasteiger partial charge on any atom is 0.367 e. The lowest BCUT2D eigenvalue weighted by Crippen LogP contribution is -2.55. The van der Waals surface area contributed by atoms with Gasteiger partial charge in [0.1, 0.15) is 5.69 Å². The molecule has 25 heavy (non-hydrogen) atoms. The van der Waals surface area contributed by atoms with Crippen LogP contribution in [0.25, 0.3) is 0 Å². The fourth-order valence-electron chi connectivity index (χ4n) is 2.62. The van der Waals surface area contributed by atoms with Crippen LogP contribution in [0.3, 0.4) is 0 Å². The molecule has 3 rings (SSSR count). The van der Waals surface area contributed by atoms with Crippen molar-refractivity contribution in [2.45, 2.75) is 18.6 Å². The number of ether oxygens (including phenoxy) is 2. The lowest BCUT2D eigenvalue weighted by Gasteiger charge is -2.39. The van der Waals surface area contributed by atoms with Crippen molar-refractivity contribution in [3.05, 3.63) is 24.3 Å². The number of aromatic nitrogens is 2.